The van der Waals surface area contributed by atoms with Crippen molar-refractivity contribution in [3.63, 3.8) is 0 Å². The predicted molar refractivity (Wildman–Crippen MR) is 138 cm³/mol. The van der Waals surface area contributed by atoms with Gasteiger partial charge >= 0.3 is 6.18 Å². The van der Waals surface area contributed by atoms with E-state index in [0.29, 0.717) is 72.2 Å². The number of fused-ring (bicyclic) bond motifs is 1. The Bertz CT molecular complexity index is 1400. The minimum absolute atomic E-state index is 0.301. The first-order valence-electron chi connectivity index (χ1n) is 12.4. The van der Waals surface area contributed by atoms with Gasteiger partial charge in [-0.05, 0) is 49.6 Å². The van der Waals surface area contributed by atoms with Crippen LogP contribution in [-0.4, -0.2) is 61.9 Å². The molecular formula is C27H29F3N4O4. The van der Waals surface area contributed by atoms with E-state index < -0.39 is 23.4 Å². The molecular weight excluding hydrogens is 501 g/mol. The van der Waals surface area contributed by atoms with E-state index in [2.05, 4.69) is 5.10 Å². The molecule has 0 spiro atoms. The number of hydrogen-bond acceptors (Lipinski definition) is 7. The monoisotopic (exact) mass is 530 g/mol. The molecule has 0 aliphatic carbocycles. The number of nitrogens with zero attached hydrogens (tertiary/aromatic N) is 4. The number of aliphatic hydroxyl groups excluding tert-OH is 1. The molecule has 8 nitrogen and oxygen atoms in total. The van der Waals surface area contributed by atoms with Crippen LogP contribution < -0.4 is 24.8 Å². The third-order valence-corrected chi connectivity index (χ3v) is 7.14. The molecule has 2 aliphatic rings. The molecule has 1 fully saturated rings. The average Bonchev–Trinajstić information content (AvgIpc) is 3.34. The van der Waals surface area contributed by atoms with Crippen molar-refractivity contribution in [3.05, 3.63) is 57.9 Å². The van der Waals surface area contributed by atoms with Crippen LogP contribution in [0.5, 0.6) is 11.5 Å². The van der Waals surface area contributed by atoms with Gasteiger partial charge in [-0.1, -0.05) is 0 Å². The van der Waals surface area contributed by atoms with Gasteiger partial charge < -0.3 is 24.4 Å². The van der Waals surface area contributed by atoms with Crippen LogP contribution in [0.3, 0.4) is 0 Å². The van der Waals surface area contributed by atoms with Gasteiger partial charge in [0.15, 0.2) is 0 Å². The van der Waals surface area contributed by atoms with E-state index in [1.165, 1.54) is 26.4 Å². The second kappa shape index (κ2) is 9.86. The summed E-state index contributed by atoms with van der Waals surface area (Å²) in [5.74, 6) is 0.977. The summed E-state index contributed by atoms with van der Waals surface area (Å²) in [6.07, 6.45) is -3.45. The molecule has 38 heavy (non-hydrogen) atoms. The van der Waals surface area contributed by atoms with Crippen LogP contribution in [-0.2, 0) is 12.6 Å². The highest BCUT2D eigenvalue weighted by molar-refractivity contribution is 5.74. The van der Waals surface area contributed by atoms with E-state index in [1.807, 2.05) is 0 Å². The maximum atomic E-state index is 14.2. The third kappa shape index (κ3) is 4.66. The molecule has 2 aromatic carbocycles. The van der Waals surface area contributed by atoms with E-state index >= 15 is 0 Å². The summed E-state index contributed by atoms with van der Waals surface area (Å²) >= 11 is 0. The van der Waals surface area contributed by atoms with Crippen LogP contribution in [0.4, 0.5) is 24.5 Å². The number of alkyl halides is 3. The van der Waals surface area contributed by atoms with Crippen molar-refractivity contribution in [1.29, 1.82) is 0 Å². The SMILES string of the molecule is COc1cc(OC)cc(-c2nn(-c3cc(N4CCC(O)C4)ccc3C(F)(F)F)c(=O)c3c2CCCN3C)c1. The van der Waals surface area contributed by atoms with Gasteiger partial charge in [0.05, 0.1) is 37.3 Å². The summed E-state index contributed by atoms with van der Waals surface area (Å²) < 4.78 is 54.4. The number of ether oxygens (including phenoxy) is 2. The number of halogens is 3. The lowest BCUT2D eigenvalue weighted by atomic mass is 9.97. The van der Waals surface area contributed by atoms with Crippen molar-refractivity contribution in [2.45, 2.75) is 31.5 Å². The minimum Gasteiger partial charge on any atom is -0.497 e. The van der Waals surface area contributed by atoms with Gasteiger partial charge in [-0.25, -0.2) is 0 Å². The number of hydrogen-bond donors (Lipinski definition) is 1. The summed E-state index contributed by atoms with van der Waals surface area (Å²) in [6, 6.07) is 8.81. The lowest BCUT2D eigenvalue weighted by Crippen LogP contribution is -2.36. The second-order valence-electron chi connectivity index (χ2n) is 9.61. The van der Waals surface area contributed by atoms with Crippen LogP contribution >= 0.6 is 0 Å². The maximum Gasteiger partial charge on any atom is 0.418 e. The van der Waals surface area contributed by atoms with Gasteiger partial charge in [-0.3, -0.25) is 4.79 Å². The number of rotatable bonds is 5. The lowest BCUT2D eigenvalue weighted by molar-refractivity contribution is -0.137. The molecule has 1 N–H and O–H groups in total. The fourth-order valence-corrected chi connectivity index (χ4v) is 5.23. The molecule has 2 aliphatic heterocycles. The highest BCUT2D eigenvalue weighted by Gasteiger charge is 2.36. The zero-order chi connectivity index (χ0) is 27.2. The van der Waals surface area contributed by atoms with Crippen LogP contribution in [0.1, 0.15) is 24.0 Å². The van der Waals surface area contributed by atoms with E-state index in [4.69, 9.17) is 9.47 Å². The van der Waals surface area contributed by atoms with Gasteiger partial charge in [0.1, 0.15) is 17.2 Å². The van der Waals surface area contributed by atoms with Crippen molar-refractivity contribution in [2.24, 2.45) is 0 Å². The zero-order valence-electron chi connectivity index (χ0n) is 21.4. The molecule has 1 saturated heterocycles. The number of aliphatic hydroxyl groups is 1. The molecule has 3 aromatic rings. The molecule has 0 amide bonds. The Hall–Kier alpha value is -3.73. The topological polar surface area (TPSA) is 80.1 Å². The Morgan fingerprint density at radius 1 is 1.05 bits per heavy atom. The number of anilines is 2. The van der Waals surface area contributed by atoms with Crippen LogP contribution in [0.2, 0.25) is 0 Å². The predicted octanol–water partition coefficient (Wildman–Crippen LogP) is 3.89. The van der Waals surface area contributed by atoms with E-state index in [9.17, 15) is 23.1 Å². The maximum absolute atomic E-state index is 14.2. The fourth-order valence-electron chi connectivity index (χ4n) is 5.23. The summed E-state index contributed by atoms with van der Waals surface area (Å²) in [5, 5.41) is 14.5. The van der Waals surface area contributed by atoms with Crippen molar-refractivity contribution < 1.29 is 27.8 Å². The quantitative estimate of drug-likeness (QED) is 0.536. The van der Waals surface area contributed by atoms with E-state index in [-0.39, 0.29) is 5.69 Å². The van der Waals surface area contributed by atoms with Gasteiger partial charge in [0.25, 0.3) is 5.56 Å². The Balaban J connectivity index is 1.80. The Morgan fingerprint density at radius 3 is 2.37 bits per heavy atom. The fraction of sp³-hybridized carbons (Fsp3) is 0.407. The number of β-amino-alcohol motifs (C(OH)–C–C–N with tert-alkyl or cyclic N) is 1. The molecule has 202 valence electrons. The highest BCUT2D eigenvalue weighted by atomic mass is 19.4. The molecule has 0 radical (unpaired) electrons. The van der Waals surface area contributed by atoms with Crippen LogP contribution in [0.15, 0.2) is 41.2 Å². The minimum atomic E-state index is -4.72. The number of methoxy groups -OCH3 is 2. The third-order valence-electron chi connectivity index (χ3n) is 7.14. The zero-order valence-corrected chi connectivity index (χ0v) is 21.4. The van der Waals surface area contributed by atoms with Gasteiger partial charge in [0.2, 0.25) is 0 Å². The Kier molecular flexibility index (Phi) is 6.72. The smallest absolute Gasteiger partial charge is 0.418 e. The lowest BCUT2D eigenvalue weighted by Gasteiger charge is -2.29. The molecule has 1 aromatic heterocycles. The Labute approximate surface area is 217 Å². The van der Waals surface area contributed by atoms with Crippen molar-refractivity contribution in [2.75, 3.05) is 50.7 Å². The van der Waals surface area contributed by atoms with E-state index in [0.717, 1.165) is 17.2 Å². The van der Waals surface area contributed by atoms with Crippen molar-refractivity contribution >= 4 is 11.4 Å². The molecule has 5 rings (SSSR count). The molecule has 3 heterocycles. The molecule has 1 unspecified atom stereocenters. The number of aromatic nitrogens is 2. The summed E-state index contributed by atoms with van der Waals surface area (Å²) in [6.45, 7) is 1.38. The average molecular weight is 531 g/mol. The van der Waals surface area contributed by atoms with Crippen LogP contribution in [0, 0.1) is 0 Å². The van der Waals surface area contributed by atoms with Crippen molar-refractivity contribution in [3.8, 4) is 28.4 Å². The number of benzene rings is 2. The van der Waals surface area contributed by atoms with Gasteiger partial charge in [0, 0.05) is 49.6 Å². The highest BCUT2D eigenvalue weighted by Crippen LogP contribution is 2.39. The first-order valence-corrected chi connectivity index (χ1v) is 12.4. The molecule has 0 bridgehead atoms. The van der Waals surface area contributed by atoms with Gasteiger partial charge in [-0.15, -0.1) is 0 Å². The standard InChI is InChI=1S/C27H29F3N4O4/c1-32-9-4-5-21-24(16-11-19(37-2)14-20(12-16)38-3)31-34(26(36)25(21)32)23-13-17(33-10-8-18(35)15-33)6-7-22(23)27(28,29)30/h6-7,11-14,18,35H,4-5,8-10,15H2,1-3H3. The van der Waals surface area contributed by atoms with E-state index in [1.54, 1.807) is 35.0 Å². The molecule has 1 atom stereocenters. The molecule has 0 saturated carbocycles. The summed E-state index contributed by atoms with van der Waals surface area (Å²) in [7, 11) is 4.77. The second-order valence-corrected chi connectivity index (χ2v) is 9.61. The largest absolute Gasteiger partial charge is 0.497 e. The van der Waals surface area contributed by atoms with Crippen molar-refractivity contribution in [1.82, 2.24) is 9.78 Å². The van der Waals surface area contributed by atoms with Gasteiger partial charge in [-0.2, -0.15) is 23.0 Å². The summed E-state index contributed by atoms with van der Waals surface area (Å²) in [5.41, 5.74) is 0.467. The Morgan fingerprint density at radius 2 is 1.76 bits per heavy atom. The normalized spacial score (nSPS) is 17.5. The molecule has 11 heteroatoms. The van der Waals surface area contributed by atoms with Crippen LogP contribution in [0.25, 0.3) is 16.9 Å². The first kappa shape index (κ1) is 25.9. The first-order chi connectivity index (χ1) is 18.1. The summed E-state index contributed by atoms with van der Waals surface area (Å²) in [4.78, 5) is 17.4.